The molecule has 8 heteroatoms. The minimum absolute atomic E-state index is 0.0128. The van der Waals surface area contributed by atoms with Crippen molar-refractivity contribution in [1.82, 2.24) is 9.80 Å². The smallest absolute Gasteiger partial charge is 0.258 e. The van der Waals surface area contributed by atoms with E-state index in [1.807, 2.05) is 62.4 Å². The Bertz CT molecular complexity index is 1350. The Morgan fingerprint density at radius 3 is 2.40 bits per heavy atom. The highest BCUT2D eigenvalue weighted by Gasteiger charge is 2.30. The normalized spacial score (nSPS) is 20.5. The summed E-state index contributed by atoms with van der Waals surface area (Å²) in [5.41, 5.74) is 3.03. The molecule has 0 aliphatic carbocycles. The van der Waals surface area contributed by atoms with E-state index < -0.39 is 6.04 Å². The van der Waals surface area contributed by atoms with Crippen molar-refractivity contribution in [3.8, 4) is 5.75 Å². The predicted molar refractivity (Wildman–Crippen MR) is 178 cm³/mol. The van der Waals surface area contributed by atoms with Gasteiger partial charge in [-0.15, -0.1) is 0 Å². The van der Waals surface area contributed by atoms with Crippen molar-refractivity contribution in [3.05, 3.63) is 95.6 Å². The molecular weight excluding hydrogens is 566 g/mol. The number of anilines is 1. The number of carbonyl (C=O) groups is 2. The lowest BCUT2D eigenvalue weighted by atomic mass is 10.0. The van der Waals surface area contributed by atoms with Crippen LogP contribution in [0.15, 0.2) is 78.9 Å². The molecule has 4 rings (SSSR count). The monoisotopic (exact) mass is 615 g/mol. The van der Waals surface area contributed by atoms with Crippen LogP contribution in [-0.2, 0) is 22.5 Å². The summed E-state index contributed by atoms with van der Waals surface area (Å²) in [5, 5.41) is 13.2. The number of ether oxygens (including phenoxy) is 2. The Hall–Kier alpha value is -3.72. The molecule has 45 heavy (non-hydrogen) atoms. The van der Waals surface area contributed by atoms with Crippen molar-refractivity contribution in [2.24, 2.45) is 5.92 Å². The van der Waals surface area contributed by atoms with Gasteiger partial charge >= 0.3 is 0 Å². The van der Waals surface area contributed by atoms with Crippen LogP contribution in [0.4, 0.5) is 5.69 Å². The number of hydrogen-bond acceptors (Lipinski definition) is 6. The van der Waals surface area contributed by atoms with Crippen LogP contribution in [-0.4, -0.2) is 78.3 Å². The average molecular weight is 616 g/mol. The number of aliphatic hydroxyl groups is 1. The van der Waals surface area contributed by atoms with Gasteiger partial charge in [-0.25, -0.2) is 0 Å². The van der Waals surface area contributed by atoms with Gasteiger partial charge in [-0.2, -0.15) is 0 Å². The van der Waals surface area contributed by atoms with E-state index in [2.05, 4.69) is 36.3 Å². The number of hydrogen-bond donors (Lipinski definition) is 2. The van der Waals surface area contributed by atoms with Crippen LogP contribution in [0.1, 0.15) is 61.5 Å². The van der Waals surface area contributed by atoms with Crippen LogP contribution < -0.4 is 10.1 Å². The molecular formula is C37H49N3O5. The van der Waals surface area contributed by atoms with Gasteiger partial charge in [-0.3, -0.25) is 14.5 Å². The van der Waals surface area contributed by atoms with Crippen LogP contribution >= 0.6 is 0 Å². The number of nitrogens with zero attached hydrogens (tertiary/aromatic N) is 2. The molecule has 0 saturated heterocycles. The maximum atomic E-state index is 14.3. The maximum absolute atomic E-state index is 14.3. The molecule has 0 radical (unpaired) electrons. The van der Waals surface area contributed by atoms with Gasteiger partial charge in [-0.05, 0) is 69.5 Å². The highest BCUT2D eigenvalue weighted by atomic mass is 16.5. The van der Waals surface area contributed by atoms with Crippen molar-refractivity contribution in [2.75, 3.05) is 38.7 Å². The van der Waals surface area contributed by atoms with Gasteiger partial charge < -0.3 is 24.8 Å². The molecule has 0 spiro atoms. The zero-order valence-corrected chi connectivity index (χ0v) is 27.2. The molecule has 1 aliphatic rings. The average Bonchev–Trinajstić information content (AvgIpc) is 3.03. The molecule has 8 nitrogen and oxygen atoms in total. The second kappa shape index (κ2) is 17.1. The Morgan fingerprint density at radius 1 is 1.02 bits per heavy atom. The van der Waals surface area contributed by atoms with Crippen LogP contribution in [0.2, 0.25) is 0 Å². The van der Waals surface area contributed by atoms with E-state index in [4.69, 9.17) is 9.47 Å². The van der Waals surface area contributed by atoms with Crippen molar-refractivity contribution in [1.29, 1.82) is 0 Å². The number of benzene rings is 3. The van der Waals surface area contributed by atoms with E-state index in [1.54, 1.807) is 23.1 Å². The highest BCUT2D eigenvalue weighted by molar-refractivity contribution is 6.00. The molecule has 3 aromatic carbocycles. The van der Waals surface area contributed by atoms with Gasteiger partial charge in [0, 0.05) is 37.8 Å². The summed E-state index contributed by atoms with van der Waals surface area (Å²) in [5.74, 6) is 0.0424. The van der Waals surface area contributed by atoms with Gasteiger partial charge in [0.25, 0.3) is 5.91 Å². The summed E-state index contributed by atoms with van der Waals surface area (Å²) in [4.78, 5) is 31.2. The third kappa shape index (κ3) is 10.4. The Labute approximate surface area is 268 Å². The Morgan fingerprint density at radius 2 is 1.71 bits per heavy atom. The topological polar surface area (TPSA) is 91.3 Å². The fourth-order valence-electron chi connectivity index (χ4n) is 5.72. The number of nitrogens with one attached hydrogen (secondary N) is 1. The van der Waals surface area contributed by atoms with E-state index in [1.165, 1.54) is 5.56 Å². The zero-order valence-electron chi connectivity index (χ0n) is 27.2. The summed E-state index contributed by atoms with van der Waals surface area (Å²) in [6.45, 7) is 8.31. The molecule has 1 heterocycles. The highest BCUT2D eigenvalue weighted by Crippen LogP contribution is 2.28. The molecule has 3 aromatic rings. The number of aliphatic hydroxyl groups excluding tert-OH is 1. The number of amides is 2. The molecule has 242 valence electrons. The molecule has 0 bridgehead atoms. The van der Waals surface area contributed by atoms with E-state index in [0.717, 1.165) is 31.4 Å². The Balaban J connectivity index is 1.59. The Kier molecular flexibility index (Phi) is 13.0. The first kappa shape index (κ1) is 34.2. The van der Waals surface area contributed by atoms with Crippen LogP contribution in [0.3, 0.4) is 0 Å². The first-order valence-corrected chi connectivity index (χ1v) is 16.1. The second-order valence-corrected chi connectivity index (χ2v) is 12.4. The van der Waals surface area contributed by atoms with Crippen molar-refractivity contribution in [3.63, 3.8) is 0 Å². The van der Waals surface area contributed by atoms with E-state index in [0.29, 0.717) is 36.7 Å². The van der Waals surface area contributed by atoms with Crippen LogP contribution in [0.5, 0.6) is 5.75 Å². The molecule has 1 aliphatic heterocycles. The van der Waals surface area contributed by atoms with Crippen molar-refractivity contribution in [2.45, 2.75) is 71.2 Å². The summed E-state index contributed by atoms with van der Waals surface area (Å²) in [6.07, 6.45) is 2.66. The van der Waals surface area contributed by atoms with Gasteiger partial charge in [0.2, 0.25) is 5.91 Å². The molecule has 4 atom stereocenters. The lowest BCUT2D eigenvalue weighted by molar-refractivity contribution is -0.115. The fraction of sp³-hybridized carbons (Fsp3) is 0.459. The minimum atomic E-state index is -0.433. The summed E-state index contributed by atoms with van der Waals surface area (Å²) in [7, 11) is 2.09. The van der Waals surface area contributed by atoms with Crippen molar-refractivity contribution < 1.29 is 24.2 Å². The molecule has 2 amide bonds. The van der Waals surface area contributed by atoms with Gasteiger partial charge in [0.15, 0.2) is 0 Å². The third-order valence-electron chi connectivity index (χ3n) is 8.33. The summed E-state index contributed by atoms with van der Waals surface area (Å²) >= 11 is 0. The molecule has 0 unspecified atom stereocenters. The maximum Gasteiger partial charge on any atom is 0.258 e. The van der Waals surface area contributed by atoms with Gasteiger partial charge in [0.1, 0.15) is 5.75 Å². The predicted octanol–water partition coefficient (Wildman–Crippen LogP) is 5.80. The lowest BCUT2D eigenvalue weighted by Crippen LogP contribution is -2.47. The second-order valence-electron chi connectivity index (χ2n) is 12.4. The largest absolute Gasteiger partial charge is 0.490 e. The minimum Gasteiger partial charge on any atom is -0.490 e. The first-order valence-electron chi connectivity index (χ1n) is 16.1. The number of fused-ring (bicyclic) bond motifs is 1. The lowest BCUT2D eigenvalue weighted by Gasteiger charge is -2.36. The zero-order chi connectivity index (χ0) is 32.2. The number of carbonyl (C=O) groups excluding carboxylic acids is 2. The fourth-order valence-corrected chi connectivity index (χ4v) is 5.72. The van der Waals surface area contributed by atoms with Gasteiger partial charge in [-0.1, -0.05) is 67.6 Å². The first-order chi connectivity index (χ1) is 21.7. The van der Waals surface area contributed by atoms with Crippen molar-refractivity contribution >= 4 is 17.5 Å². The molecule has 0 aromatic heterocycles. The number of likely N-dealkylation sites (N-methyl/N-ethyl adjacent to an activating group) is 1. The third-order valence-corrected chi connectivity index (χ3v) is 8.33. The molecule has 0 fully saturated rings. The number of rotatable bonds is 9. The molecule has 2 N–H and O–H groups in total. The quantitative estimate of drug-likeness (QED) is 0.317. The van der Waals surface area contributed by atoms with E-state index in [9.17, 15) is 14.7 Å². The van der Waals surface area contributed by atoms with Crippen LogP contribution in [0, 0.1) is 5.92 Å². The summed E-state index contributed by atoms with van der Waals surface area (Å²) in [6, 6.07) is 24.7. The summed E-state index contributed by atoms with van der Waals surface area (Å²) < 4.78 is 12.8. The van der Waals surface area contributed by atoms with E-state index >= 15 is 0 Å². The van der Waals surface area contributed by atoms with E-state index in [-0.39, 0.29) is 43.0 Å². The molecule has 0 saturated carbocycles. The standard InChI is InChI=1S/C37H49N3O5/c1-27-23-40(28(2)26-41)37(43)33-22-32(38-36(42)21-30-14-7-5-8-15-30)18-19-34(33)45-29(3)13-11-12-20-44-35(27)25-39(4)24-31-16-9-6-10-17-31/h5-10,14-19,22,27-29,35,41H,11-13,20-21,23-26H2,1-4H3,(H,38,42)/t27-,28-,29-,35-/m0/s1. The SMILES string of the molecule is C[C@H]1CCCCO[C@@H](CN(C)Cc2ccccc2)[C@@H](C)CN([C@@H](C)CO)C(=O)c2cc(NC(=O)Cc3ccccc3)ccc2O1. The van der Waals surface area contributed by atoms with Crippen LogP contribution in [0.25, 0.3) is 0 Å². The van der Waals surface area contributed by atoms with Gasteiger partial charge in [0.05, 0.1) is 36.8 Å².